The molecule has 0 spiro atoms. The zero-order valence-electron chi connectivity index (χ0n) is 14.4. The van der Waals surface area contributed by atoms with E-state index >= 15 is 0 Å². The van der Waals surface area contributed by atoms with E-state index in [1.165, 1.54) is 19.3 Å². The second kappa shape index (κ2) is 6.79. The fourth-order valence-electron chi connectivity index (χ4n) is 3.43. The van der Waals surface area contributed by atoms with E-state index in [0.717, 1.165) is 25.2 Å². The van der Waals surface area contributed by atoms with E-state index in [0.29, 0.717) is 11.3 Å². The molecule has 0 radical (unpaired) electrons. The molecular formula is C18H36O2. The van der Waals surface area contributed by atoms with Crippen molar-refractivity contribution in [1.82, 2.24) is 0 Å². The molecule has 2 rings (SSSR count). The summed E-state index contributed by atoms with van der Waals surface area (Å²) in [4.78, 5) is 0. The van der Waals surface area contributed by atoms with Crippen LogP contribution in [-0.2, 0) is 0 Å². The summed E-state index contributed by atoms with van der Waals surface area (Å²) in [6.45, 7) is 13.4. The summed E-state index contributed by atoms with van der Waals surface area (Å²) in [6.07, 6.45) is 6.54. The Morgan fingerprint density at radius 1 is 0.800 bits per heavy atom. The van der Waals surface area contributed by atoms with Crippen molar-refractivity contribution in [1.29, 1.82) is 0 Å². The van der Waals surface area contributed by atoms with Crippen molar-refractivity contribution in [2.24, 2.45) is 22.7 Å². The van der Waals surface area contributed by atoms with Crippen molar-refractivity contribution >= 4 is 0 Å². The number of rotatable bonds is 0. The van der Waals surface area contributed by atoms with E-state index in [2.05, 4.69) is 41.5 Å². The van der Waals surface area contributed by atoms with Gasteiger partial charge in [-0.15, -0.1) is 0 Å². The van der Waals surface area contributed by atoms with Crippen LogP contribution in [0.5, 0.6) is 0 Å². The Morgan fingerprint density at radius 3 is 1.80 bits per heavy atom. The van der Waals surface area contributed by atoms with E-state index in [1.54, 1.807) is 0 Å². The van der Waals surface area contributed by atoms with Crippen LogP contribution in [0.1, 0.15) is 80.1 Å². The molecule has 2 fully saturated rings. The van der Waals surface area contributed by atoms with Gasteiger partial charge in [0, 0.05) is 0 Å². The quantitative estimate of drug-likeness (QED) is 0.692. The molecule has 4 unspecified atom stereocenters. The maximum absolute atomic E-state index is 9.61. The summed E-state index contributed by atoms with van der Waals surface area (Å²) in [7, 11) is 0. The van der Waals surface area contributed by atoms with Gasteiger partial charge in [-0.25, -0.2) is 0 Å². The van der Waals surface area contributed by atoms with E-state index in [4.69, 9.17) is 0 Å². The normalized spacial score (nSPS) is 39.6. The van der Waals surface area contributed by atoms with Crippen LogP contribution in [-0.4, -0.2) is 22.4 Å². The summed E-state index contributed by atoms with van der Waals surface area (Å²) in [5.74, 6) is 1.45. The Bertz CT molecular complexity index is 284. The highest BCUT2D eigenvalue weighted by Gasteiger charge is 2.36. The lowest BCUT2D eigenvalue weighted by Crippen LogP contribution is -2.38. The van der Waals surface area contributed by atoms with Gasteiger partial charge >= 0.3 is 0 Å². The first-order valence-electron chi connectivity index (χ1n) is 8.43. The third-order valence-electron chi connectivity index (χ3n) is 6.27. The molecule has 0 aromatic carbocycles. The summed E-state index contributed by atoms with van der Waals surface area (Å²) in [6, 6.07) is 0. The van der Waals surface area contributed by atoms with E-state index in [-0.39, 0.29) is 17.6 Å². The smallest absolute Gasteiger partial charge is 0.0593 e. The first kappa shape index (κ1) is 18.0. The molecule has 0 aromatic rings. The summed E-state index contributed by atoms with van der Waals surface area (Å²) < 4.78 is 0. The number of hydrogen-bond acceptors (Lipinski definition) is 2. The first-order chi connectivity index (χ1) is 9.07. The van der Waals surface area contributed by atoms with Gasteiger partial charge in [0.05, 0.1) is 12.2 Å². The number of hydrogen-bond donors (Lipinski definition) is 2. The summed E-state index contributed by atoms with van der Waals surface area (Å²) in [5, 5.41) is 19.0. The van der Waals surface area contributed by atoms with Crippen LogP contribution >= 0.6 is 0 Å². The van der Waals surface area contributed by atoms with Gasteiger partial charge in [0.15, 0.2) is 0 Å². The molecular weight excluding hydrogens is 248 g/mol. The molecule has 0 heterocycles. The van der Waals surface area contributed by atoms with Crippen molar-refractivity contribution in [2.75, 3.05) is 0 Å². The van der Waals surface area contributed by atoms with Crippen molar-refractivity contribution in [2.45, 2.75) is 92.3 Å². The molecule has 2 saturated carbocycles. The SMILES string of the molecule is CC1CCC(O)CC1(C)C.CC1CCCC(O)C1(C)C. The zero-order valence-corrected chi connectivity index (χ0v) is 14.4. The monoisotopic (exact) mass is 284 g/mol. The van der Waals surface area contributed by atoms with Crippen LogP contribution in [0.15, 0.2) is 0 Å². The lowest BCUT2D eigenvalue weighted by molar-refractivity contribution is -0.0229. The van der Waals surface area contributed by atoms with Crippen LogP contribution in [0.3, 0.4) is 0 Å². The van der Waals surface area contributed by atoms with Crippen molar-refractivity contribution in [3.63, 3.8) is 0 Å². The molecule has 2 nitrogen and oxygen atoms in total. The standard InChI is InChI=1S/2C9H18O/c1-7-4-5-8(10)6-9(7,2)3;1-7-5-4-6-8(10)9(7,2)3/h2*7-8,10H,4-6H2,1-3H3. The second-order valence-corrected chi connectivity index (χ2v) is 8.49. The zero-order chi connectivity index (χ0) is 15.6. The van der Waals surface area contributed by atoms with Crippen molar-refractivity contribution < 1.29 is 10.2 Å². The Labute approximate surface area is 126 Å². The number of aliphatic hydroxyl groups excluding tert-OH is 2. The molecule has 0 bridgehead atoms. The molecule has 2 heteroatoms. The molecule has 20 heavy (non-hydrogen) atoms. The maximum Gasteiger partial charge on any atom is 0.0593 e. The minimum atomic E-state index is -0.0729. The first-order valence-corrected chi connectivity index (χ1v) is 8.43. The van der Waals surface area contributed by atoms with Gasteiger partial charge in [-0.05, 0) is 48.3 Å². The molecule has 2 aliphatic rings. The average molecular weight is 284 g/mol. The lowest BCUT2D eigenvalue weighted by atomic mass is 9.68. The molecule has 120 valence electrons. The van der Waals surface area contributed by atoms with Crippen LogP contribution < -0.4 is 0 Å². The van der Waals surface area contributed by atoms with Gasteiger partial charge in [0.2, 0.25) is 0 Å². The molecule has 0 aliphatic heterocycles. The highest BCUT2D eigenvalue weighted by atomic mass is 16.3. The summed E-state index contributed by atoms with van der Waals surface area (Å²) in [5.41, 5.74) is 0.510. The van der Waals surface area contributed by atoms with Gasteiger partial charge in [-0.2, -0.15) is 0 Å². The lowest BCUT2D eigenvalue weighted by Gasteiger charge is -2.40. The molecule has 0 saturated heterocycles. The summed E-state index contributed by atoms with van der Waals surface area (Å²) >= 11 is 0. The minimum absolute atomic E-state index is 0.0359. The average Bonchev–Trinajstić information content (AvgIpc) is 2.32. The second-order valence-electron chi connectivity index (χ2n) is 8.49. The van der Waals surface area contributed by atoms with E-state index in [9.17, 15) is 10.2 Å². The van der Waals surface area contributed by atoms with Crippen LogP contribution in [0, 0.1) is 22.7 Å². The highest BCUT2D eigenvalue weighted by molar-refractivity contribution is 4.86. The third kappa shape index (κ3) is 4.46. The fourth-order valence-corrected chi connectivity index (χ4v) is 3.43. The minimum Gasteiger partial charge on any atom is -0.393 e. The van der Waals surface area contributed by atoms with Crippen LogP contribution in [0.2, 0.25) is 0 Å². The molecule has 2 aliphatic carbocycles. The highest BCUT2D eigenvalue weighted by Crippen LogP contribution is 2.40. The topological polar surface area (TPSA) is 40.5 Å². The van der Waals surface area contributed by atoms with Gasteiger partial charge in [-0.3, -0.25) is 0 Å². The molecule has 0 amide bonds. The molecule has 0 aromatic heterocycles. The predicted molar refractivity (Wildman–Crippen MR) is 85.6 cm³/mol. The van der Waals surface area contributed by atoms with Crippen LogP contribution in [0.25, 0.3) is 0 Å². The fraction of sp³-hybridized carbons (Fsp3) is 1.00. The van der Waals surface area contributed by atoms with Crippen molar-refractivity contribution in [3.05, 3.63) is 0 Å². The Morgan fingerprint density at radius 2 is 1.40 bits per heavy atom. The van der Waals surface area contributed by atoms with Gasteiger partial charge in [0.1, 0.15) is 0 Å². The third-order valence-corrected chi connectivity index (χ3v) is 6.27. The van der Waals surface area contributed by atoms with Gasteiger partial charge < -0.3 is 10.2 Å². The van der Waals surface area contributed by atoms with Crippen molar-refractivity contribution in [3.8, 4) is 0 Å². The molecule has 4 atom stereocenters. The maximum atomic E-state index is 9.61. The van der Waals surface area contributed by atoms with Gasteiger partial charge in [0.25, 0.3) is 0 Å². The number of aliphatic hydroxyl groups is 2. The Kier molecular flexibility index (Phi) is 6.10. The Balaban J connectivity index is 0.000000200. The van der Waals surface area contributed by atoms with E-state index < -0.39 is 0 Å². The Hall–Kier alpha value is -0.0800. The van der Waals surface area contributed by atoms with Gasteiger partial charge in [-0.1, -0.05) is 54.4 Å². The predicted octanol–water partition coefficient (Wildman–Crippen LogP) is 4.39. The largest absolute Gasteiger partial charge is 0.393 e. The van der Waals surface area contributed by atoms with E-state index in [1.807, 2.05) is 0 Å². The molecule has 2 N–H and O–H groups in total. The van der Waals surface area contributed by atoms with Crippen LogP contribution in [0.4, 0.5) is 0 Å².